The predicted molar refractivity (Wildman–Crippen MR) is 130 cm³/mol. The van der Waals surface area contributed by atoms with Gasteiger partial charge in [-0.05, 0) is 48.8 Å². The third-order valence-corrected chi connectivity index (χ3v) is 6.90. The van der Waals surface area contributed by atoms with Crippen LogP contribution >= 0.6 is 11.6 Å². The number of hydrogen-bond donors (Lipinski definition) is 3. The van der Waals surface area contributed by atoms with Gasteiger partial charge in [0, 0.05) is 47.1 Å². The Hall–Kier alpha value is -2.75. The Bertz CT molecular complexity index is 1150. The quantitative estimate of drug-likeness (QED) is 0.611. The molecule has 0 spiro atoms. The number of likely N-dealkylation sites (tertiary alicyclic amines) is 1. The van der Waals surface area contributed by atoms with E-state index in [9.17, 15) is 5.11 Å². The molecule has 7 heteroatoms. The van der Waals surface area contributed by atoms with Crippen LogP contribution in [0.25, 0.3) is 10.8 Å². The molecule has 3 N–H and O–H groups in total. The third kappa shape index (κ3) is 4.15. The third-order valence-electron chi connectivity index (χ3n) is 6.59. The van der Waals surface area contributed by atoms with E-state index in [-0.39, 0.29) is 5.75 Å². The SMILES string of the molecule is CCC(C)C1=NC(C#Cc2cc(O)cc3cccc(Cl)c23)N=C(N2CC3CCC(C2)N3)N1. The normalized spacial score (nSPS) is 25.5. The van der Waals surface area contributed by atoms with Crippen LogP contribution in [0.5, 0.6) is 5.75 Å². The Kier molecular flexibility index (Phi) is 5.71. The second-order valence-corrected chi connectivity index (χ2v) is 9.33. The summed E-state index contributed by atoms with van der Waals surface area (Å²) in [5.74, 6) is 8.68. The van der Waals surface area contributed by atoms with Crippen molar-refractivity contribution < 1.29 is 5.11 Å². The first-order valence-electron chi connectivity index (χ1n) is 11.4. The van der Waals surface area contributed by atoms with E-state index in [1.54, 1.807) is 12.1 Å². The van der Waals surface area contributed by atoms with Gasteiger partial charge in [-0.2, -0.15) is 0 Å². The molecule has 0 aliphatic carbocycles. The smallest absolute Gasteiger partial charge is 0.207 e. The molecule has 2 aromatic rings. The molecular formula is C25H28ClN5O. The van der Waals surface area contributed by atoms with Gasteiger partial charge in [0.25, 0.3) is 0 Å². The number of nitrogens with zero attached hydrogens (tertiary/aromatic N) is 3. The maximum atomic E-state index is 10.2. The minimum absolute atomic E-state index is 0.165. The Labute approximate surface area is 193 Å². The van der Waals surface area contributed by atoms with E-state index < -0.39 is 6.17 Å². The number of guanidine groups is 1. The zero-order valence-electron chi connectivity index (χ0n) is 18.4. The number of aromatic hydroxyl groups is 1. The summed E-state index contributed by atoms with van der Waals surface area (Å²) < 4.78 is 0. The molecule has 6 nitrogen and oxygen atoms in total. The summed E-state index contributed by atoms with van der Waals surface area (Å²) in [6.45, 7) is 6.22. The van der Waals surface area contributed by atoms with Crippen LogP contribution in [-0.2, 0) is 0 Å². The molecule has 3 aliphatic rings. The van der Waals surface area contributed by atoms with Gasteiger partial charge in [0.15, 0.2) is 0 Å². The molecule has 5 rings (SSSR count). The number of phenols is 1. The van der Waals surface area contributed by atoms with Crippen molar-refractivity contribution in [1.82, 2.24) is 15.5 Å². The van der Waals surface area contributed by atoms with Crippen LogP contribution in [0.15, 0.2) is 40.3 Å². The zero-order chi connectivity index (χ0) is 22.2. The van der Waals surface area contributed by atoms with Crippen molar-refractivity contribution in [3.8, 4) is 17.6 Å². The fourth-order valence-electron chi connectivity index (χ4n) is 4.70. The first kappa shape index (κ1) is 21.1. The lowest BCUT2D eigenvalue weighted by Crippen LogP contribution is -2.58. The number of aliphatic imine (C=N–C) groups is 2. The molecule has 32 heavy (non-hydrogen) atoms. The largest absolute Gasteiger partial charge is 0.508 e. The van der Waals surface area contributed by atoms with Gasteiger partial charge < -0.3 is 20.6 Å². The Morgan fingerprint density at radius 3 is 2.75 bits per heavy atom. The van der Waals surface area contributed by atoms with Gasteiger partial charge in [0.1, 0.15) is 11.6 Å². The highest BCUT2D eigenvalue weighted by molar-refractivity contribution is 6.36. The molecule has 0 saturated carbocycles. The van der Waals surface area contributed by atoms with Crippen LogP contribution in [-0.4, -0.2) is 53.1 Å². The molecule has 3 heterocycles. The lowest BCUT2D eigenvalue weighted by atomic mass is 10.0. The second kappa shape index (κ2) is 8.65. The van der Waals surface area contributed by atoms with Gasteiger partial charge in [0.05, 0.1) is 0 Å². The van der Waals surface area contributed by atoms with Crippen LogP contribution in [0.3, 0.4) is 0 Å². The highest BCUT2D eigenvalue weighted by Gasteiger charge is 2.35. The maximum absolute atomic E-state index is 10.2. The summed E-state index contributed by atoms with van der Waals surface area (Å²) in [5.41, 5.74) is 0.682. The monoisotopic (exact) mass is 449 g/mol. The number of piperazine rings is 1. The van der Waals surface area contributed by atoms with E-state index >= 15 is 0 Å². The standard InChI is InChI=1S/C25H28ClN5O/c1-3-15(2)24-28-22(29-25(30-24)31-13-18-8-9-19(14-31)27-18)10-7-17-12-20(32)11-16-5-4-6-21(26)23(16)17/h4-6,11-12,15,18-19,22,27,32H,3,8-9,13-14H2,1-2H3,(H,28,29,30). The van der Waals surface area contributed by atoms with Crippen LogP contribution in [0.1, 0.15) is 38.7 Å². The average molecular weight is 450 g/mol. The fourth-order valence-corrected chi connectivity index (χ4v) is 4.99. The molecule has 2 aromatic carbocycles. The number of hydrogen-bond acceptors (Lipinski definition) is 6. The number of rotatable bonds is 2. The van der Waals surface area contributed by atoms with E-state index in [0.717, 1.165) is 42.1 Å². The first-order valence-corrected chi connectivity index (χ1v) is 11.7. The molecule has 2 fully saturated rings. The fraction of sp³-hybridized carbons (Fsp3) is 0.440. The minimum atomic E-state index is -0.498. The van der Waals surface area contributed by atoms with Gasteiger partial charge in [-0.25, -0.2) is 9.98 Å². The Morgan fingerprint density at radius 1 is 1.22 bits per heavy atom. The topological polar surface area (TPSA) is 72.2 Å². The highest BCUT2D eigenvalue weighted by Crippen LogP contribution is 2.30. The van der Waals surface area contributed by atoms with Crippen LogP contribution < -0.4 is 10.6 Å². The summed E-state index contributed by atoms with van der Waals surface area (Å²) in [4.78, 5) is 12.0. The Morgan fingerprint density at radius 2 is 2.00 bits per heavy atom. The second-order valence-electron chi connectivity index (χ2n) is 8.92. The van der Waals surface area contributed by atoms with Crippen molar-refractivity contribution in [2.45, 2.75) is 51.4 Å². The number of nitrogens with one attached hydrogen (secondary N) is 2. The van der Waals surface area contributed by atoms with Crippen molar-refractivity contribution in [2.24, 2.45) is 15.9 Å². The number of benzene rings is 2. The van der Waals surface area contributed by atoms with E-state index in [1.165, 1.54) is 12.8 Å². The molecule has 166 valence electrons. The van der Waals surface area contributed by atoms with Gasteiger partial charge in [-0.15, -0.1) is 0 Å². The van der Waals surface area contributed by atoms with E-state index in [2.05, 4.69) is 41.2 Å². The summed E-state index contributed by atoms with van der Waals surface area (Å²) >= 11 is 6.45. The van der Waals surface area contributed by atoms with Crippen molar-refractivity contribution in [2.75, 3.05) is 13.1 Å². The molecule has 4 atom stereocenters. The molecule has 2 saturated heterocycles. The summed E-state index contributed by atoms with van der Waals surface area (Å²) in [6, 6.07) is 10.0. The van der Waals surface area contributed by atoms with Gasteiger partial charge in [-0.1, -0.05) is 43.5 Å². The maximum Gasteiger partial charge on any atom is 0.207 e. The van der Waals surface area contributed by atoms with E-state index in [1.807, 2.05) is 18.2 Å². The van der Waals surface area contributed by atoms with Gasteiger partial charge in [-0.3, -0.25) is 0 Å². The van der Waals surface area contributed by atoms with Crippen molar-refractivity contribution >= 4 is 34.2 Å². The molecule has 0 amide bonds. The number of phenolic OH excluding ortho intramolecular Hbond substituents is 1. The molecule has 2 bridgehead atoms. The van der Waals surface area contributed by atoms with E-state index in [0.29, 0.717) is 28.6 Å². The van der Waals surface area contributed by atoms with E-state index in [4.69, 9.17) is 21.6 Å². The number of halogens is 1. The average Bonchev–Trinajstić information content (AvgIpc) is 3.13. The number of amidine groups is 1. The molecular weight excluding hydrogens is 422 g/mol. The molecule has 0 aromatic heterocycles. The summed E-state index contributed by atoms with van der Waals surface area (Å²) in [5, 5.41) is 19.6. The van der Waals surface area contributed by atoms with Gasteiger partial charge >= 0.3 is 0 Å². The lowest BCUT2D eigenvalue weighted by Gasteiger charge is -2.37. The minimum Gasteiger partial charge on any atom is -0.508 e. The van der Waals surface area contributed by atoms with Crippen LogP contribution in [0.4, 0.5) is 0 Å². The predicted octanol–water partition coefficient (Wildman–Crippen LogP) is 3.72. The summed E-state index contributed by atoms with van der Waals surface area (Å²) in [6.07, 6.45) is 2.92. The van der Waals surface area contributed by atoms with Crippen molar-refractivity contribution in [3.05, 3.63) is 40.9 Å². The summed E-state index contributed by atoms with van der Waals surface area (Å²) in [7, 11) is 0. The van der Waals surface area contributed by atoms with Gasteiger partial charge in [0.2, 0.25) is 12.1 Å². The Balaban J connectivity index is 1.50. The lowest BCUT2D eigenvalue weighted by molar-refractivity contribution is 0.282. The van der Waals surface area contributed by atoms with Crippen molar-refractivity contribution in [3.63, 3.8) is 0 Å². The first-order chi connectivity index (χ1) is 15.5. The highest BCUT2D eigenvalue weighted by atomic mass is 35.5. The van der Waals surface area contributed by atoms with Crippen LogP contribution in [0.2, 0.25) is 5.02 Å². The molecule has 3 aliphatic heterocycles. The zero-order valence-corrected chi connectivity index (χ0v) is 19.2. The molecule has 0 radical (unpaired) electrons. The molecule has 4 unspecified atom stereocenters. The number of fused-ring (bicyclic) bond motifs is 3. The van der Waals surface area contributed by atoms with Crippen molar-refractivity contribution in [1.29, 1.82) is 0 Å². The van der Waals surface area contributed by atoms with Crippen LogP contribution in [0, 0.1) is 17.8 Å².